The second kappa shape index (κ2) is 10.0. The Bertz CT molecular complexity index is 1440. The molecule has 0 saturated carbocycles. The first-order valence-corrected chi connectivity index (χ1v) is 10.8. The van der Waals surface area contributed by atoms with E-state index in [4.69, 9.17) is 27.9 Å². The van der Waals surface area contributed by atoms with Crippen LogP contribution in [0.3, 0.4) is 0 Å². The van der Waals surface area contributed by atoms with Gasteiger partial charge in [-0.2, -0.15) is 18.3 Å². The van der Waals surface area contributed by atoms with Gasteiger partial charge in [-0.1, -0.05) is 23.2 Å². The maximum atomic E-state index is 14.6. The van der Waals surface area contributed by atoms with Crippen LogP contribution >= 0.6 is 23.2 Å². The van der Waals surface area contributed by atoms with E-state index in [9.17, 15) is 22.4 Å². The lowest BCUT2D eigenvalue weighted by Gasteiger charge is -2.13. The third-order valence-electron chi connectivity index (χ3n) is 4.78. The van der Waals surface area contributed by atoms with Crippen molar-refractivity contribution in [2.75, 3.05) is 10.6 Å². The van der Waals surface area contributed by atoms with Crippen molar-refractivity contribution in [1.82, 2.24) is 14.8 Å². The van der Waals surface area contributed by atoms with Crippen LogP contribution in [0, 0.1) is 5.82 Å². The minimum absolute atomic E-state index is 0.0798. The van der Waals surface area contributed by atoms with Gasteiger partial charge in [-0.3, -0.25) is 9.67 Å². The molecule has 7 nitrogen and oxygen atoms in total. The summed E-state index contributed by atoms with van der Waals surface area (Å²) >= 11 is 12.0. The van der Waals surface area contributed by atoms with Gasteiger partial charge in [-0.25, -0.2) is 9.18 Å². The van der Waals surface area contributed by atoms with Crippen LogP contribution in [0.1, 0.15) is 5.56 Å². The fraction of sp³-hybridized carbons (Fsp3) is 0.0870. The number of hydrogen-bond acceptors (Lipinski definition) is 4. The third kappa shape index (κ3) is 5.69. The van der Waals surface area contributed by atoms with Gasteiger partial charge in [0.25, 0.3) is 0 Å². The lowest BCUT2D eigenvalue weighted by Crippen LogP contribution is -2.20. The Labute approximate surface area is 211 Å². The SMILES string of the molecule is Cn1cc(-c2nccc(Oc3ccc(NC(=O)Nc4ccc(Cl)c(C(F)(F)F)c4)c(F)c3)c2Cl)cn1. The van der Waals surface area contributed by atoms with Crippen LogP contribution in [0.5, 0.6) is 11.5 Å². The third-order valence-corrected chi connectivity index (χ3v) is 5.47. The van der Waals surface area contributed by atoms with E-state index in [-0.39, 0.29) is 27.9 Å². The maximum Gasteiger partial charge on any atom is 0.417 e. The molecule has 0 aliphatic heterocycles. The molecule has 0 aliphatic carbocycles. The number of hydrogen-bond donors (Lipinski definition) is 2. The minimum atomic E-state index is -4.70. The molecule has 0 fully saturated rings. The van der Waals surface area contributed by atoms with E-state index in [0.29, 0.717) is 17.3 Å². The summed E-state index contributed by atoms with van der Waals surface area (Å²) in [7, 11) is 1.74. The van der Waals surface area contributed by atoms with Crippen molar-refractivity contribution in [2.24, 2.45) is 7.05 Å². The van der Waals surface area contributed by atoms with Gasteiger partial charge in [0, 0.05) is 42.8 Å². The molecule has 2 amide bonds. The summed E-state index contributed by atoms with van der Waals surface area (Å²) < 4.78 is 60.9. The average Bonchev–Trinajstić information content (AvgIpc) is 3.23. The molecule has 4 rings (SSSR count). The van der Waals surface area contributed by atoms with Crippen molar-refractivity contribution in [2.45, 2.75) is 6.18 Å². The van der Waals surface area contributed by atoms with Gasteiger partial charge >= 0.3 is 12.2 Å². The highest BCUT2D eigenvalue weighted by Crippen LogP contribution is 2.37. The van der Waals surface area contributed by atoms with Crippen molar-refractivity contribution < 1.29 is 27.1 Å². The number of ether oxygens (including phenoxy) is 1. The second-order valence-corrected chi connectivity index (χ2v) is 8.17. The molecule has 2 N–H and O–H groups in total. The van der Waals surface area contributed by atoms with E-state index in [1.807, 2.05) is 0 Å². The molecule has 0 bridgehead atoms. The molecule has 13 heteroatoms. The normalized spacial score (nSPS) is 11.3. The van der Waals surface area contributed by atoms with E-state index in [1.54, 1.807) is 24.1 Å². The Hall–Kier alpha value is -3.83. The van der Waals surface area contributed by atoms with E-state index < -0.39 is 28.6 Å². The Kier molecular flexibility index (Phi) is 7.04. The highest BCUT2D eigenvalue weighted by atomic mass is 35.5. The summed E-state index contributed by atoms with van der Waals surface area (Å²) in [6.45, 7) is 0. The molecule has 2 aromatic carbocycles. The molecule has 0 radical (unpaired) electrons. The Morgan fingerprint density at radius 1 is 1.08 bits per heavy atom. The summed E-state index contributed by atoms with van der Waals surface area (Å²) in [6.07, 6.45) is 0.0685. The standard InChI is InChI=1S/C23H15Cl2F4N5O2/c1-34-11-12(10-31-34)21-20(25)19(6-7-30-21)36-14-3-5-18(17(26)9-14)33-22(35)32-13-2-4-16(24)15(8-13)23(27,28)29/h2-11H,1H3,(H2,32,33,35). The first-order chi connectivity index (χ1) is 17.0. The predicted octanol–water partition coefficient (Wildman–Crippen LogP) is 7.38. The highest BCUT2D eigenvalue weighted by molar-refractivity contribution is 6.34. The largest absolute Gasteiger partial charge is 0.456 e. The van der Waals surface area contributed by atoms with Crippen LogP contribution in [-0.2, 0) is 13.2 Å². The van der Waals surface area contributed by atoms with Crippen molar-refractivity contribution in [1.29, 1.82) is 0 Å². The molecule has 0 aliphatic rings. The number of aryl methyl sites for hydroxylation is 1. The number of benzene rings is 2. The minimum Gasteiger partial charge on any atom is -0.456 e. The zero-order valence-electron chi connectivity index (χ0n) is 18.2. The predicted molar refractivity (Wildman–Crippen MR) is 127 cm³/mol. The van der Waals surface area contributed by atoms with Gasteiger partial charge in [0.05, 0.1) is 28.2 Å². The topological polar surface area (TPSA) is 81.1 Å². The quantitative estimate of drug-likeness (QED) is 0.259. The highest BCUT2D eigenvalue weighted by Gasteiger charge is 2.33. The average molecular weight is 540 g/mol. The van der Waals surface area contributed by atoms with Crippen molar-refractivity contribution >= 4 is 40.6 Å². The number of rotatable bonds is 5. The summed E-state index contributed by atoms with van der Waals surface area (Å²) in [5.41, 5.74) is -0.444. The lowest BCUT2D eigenvalue weighted by molar-refractivity contribution is -0.137. The summed E-state index contributed by atoms with van der Waals surface area (Å²) in [6, 6.07) is 7.01. The van der Waals surface area contributed by atoms with Crippen molar-refractivity contribution in [3.63, 3.8) is 0 Å². The molecule has 0 unspecified atom stereocenters. The Balaban J connectivity index is 1.46. The number of aromatic nitrogens is 3. The Morgan fingerprint density at radius 3 is 2.53 bits per heavy atom. The number of nitrogens with one attached hydrogen (secondary N) is 2. The van der Waals surface area contributed by atoms with Gasteiger partial charge in [-0.05, 0) is 30.3 Å². The number of carbonyl (C=O) groups excluding carboxylic acids is 1. The molecule has 36 heavy (non-hydrogen) atoms. The zero-order valence-corrected chi connectivity index (χ0v) is 19.7. The smallest absolute Gasteiger partial charge is 0.417 e. The number of pyridine rings is 1. The summed E-state index contributed by atoms with van der Waals surface area (Å²) in [5, 5.41) is 8.17. The van der Waals surface area contributed by atoms with Crippen LogP contribution in [-0.4, -0.2) is 20.8 Å². The fourth-order valence-corrected chi connectivity index (χ4v) is 3.63. The van der Waals surface area contributed by atoms with Gasteiger partial charge < -0.3 is 15.4 Å². The Morgan fingerprint density at radius 2 is 1.86 bits per heavy atom. The number of halogens is 6. The van der Waals surface area contributed by atoms with Crippen LogP contribution in [0.4, 0.5) is 33.7 Å². The lowest BCUT2D eigenvalue weighted by atomic mass is 10.2. The maximum absolute atomic E-state index is 14.6. The molecular formula is C23H15Cl2F4N5O2. The van der Waals surface area contributed by atoms with Crippen LogP contribution < -0.4 is 15.4 Å². The number of carbonyl (C=O) groups is 1. The first-order valence-electron chi connectivity index (χ1n) is 10.1. The fourth-order valence-electron chi connectivity index (χ4n) is 3.14. The van der Waals surface area contributed by atoms with Crippen molar-refractivity contribution in [3.8, 4) is 22.8 Å². The molecule has 0 atom stereocenters. The van der Waals surface area contributed by atoms with E-state index in [1.165, 1.54) is 30.5 Å². The molecule has 2 heterocycles. The molecule has 4 aromatic rings. The molecular weight excluding hydrogens is 525 g/mol. The number of alkyl halides is 3. The van der Waals surface area contributed by atoms with E-state index >= 15 is 0 Å². The van der Waals surface area contributed by atoms with E-state index in [0.717, 1.165) is 12.1 Å². The molecule has 0 spiro atoms. The van der Waals surface area contributed by atoms with Gasteiger partial charge in [0.1, 0.15) is 22.3 Å². The molecule has 0 saturated heterocycles. The van der Waals surface area contributed by atoms with Gasteiger partial charge in [-0.15, -0.1) is 0 Å². The first kappa shape index (κ1) is 25.3. The second-order valence-electron chi connectivity index (χ2n) is 7.39. The number of nitrogens with zero attached hydrogens (tertiary/aromatic N) is 3. The van der Waals surface area contributed by atoms with Crippen LogP contribution in [0.2, 0.25) is 10.0 Å². The van der Waals surface area contributed by atoms with E-state index in [2.05, 4.69) is 20.7 Å². The summed E-state index contributed by atoms with van der Waals surface area (Å²) in [5.74, 6) is -0.560. The molecule has 2 aromatic heterocycles. The van der Waals surface area contributed by atoms with Crippen molar-refractivity contribution in [3.05, 3.63) is 82.5 Å². The number of anilines is 2. The molecule has 186 valence electrons. The number of amides is 2. The monoisotopic (exact) mass is 539 g/mol. The number of urea groups is 1. The van der Waals surface area contributed by atoms with Crippen LogP contribution in [0.15, 0.2) is 61.1 Å². The zero-order chi connectivity index (χ0) is 26.0. The summed E-state index contributed by atoms with van der Waals surface area (Å²) in [4.78, 5) is 16.4. The van der Waals surface area contributed by atoms with Crippen LogP contribution in [0.25, 0.3) is 11.3 Å². The van der Waals surface area contributed by atoms with Gasteiger partial charge in [0.2, 0.25) is 0 Å². The van der Waals surface area contributed by atoms with Gasteiger partial charge in [0.15, 0.2) is 0 Å².